The summed E-state index contributed by atoms with van der Waals surface area (Å²) >= 11 is 27.8. The Morgan fingerprint density at radius 1 is 0.254 bits per heavy atom. The number of hydrogen-bond donors (Lipinski definition) is 0. The van der Waals surface area contributed by atoms with Crippen LogP contribution < -0.4 is 0 Å². The Kier molecular flexibility index (Phi) is 46.7. The lowest BCUT2D eigenvalue weighted by Crippen LogP contribution is -2.14. The first-order chi connectivity index (χ1) is 56.1. The largest absolute Gasteiger partial charge is 0.245 e. The monoisotopic (exact) mass is 2160 g/mol. The second-order valence-electron chi connectivity index (χ2n) is 41.2. The van der Waals surface area contributed by atoms with Gasteiger partial charge in [-0.05, 0) is 349 Å². The number of aromatic nitrogens is 8. The van der Waals surface area contributed by atoms with Gasteiger partial charge in [-0.3, -0.25) is 0 Å². The molecule has 8 heterocycles. The van der Waals surface area contributed by atoms with Gasteiger partial charge >= 0.3 is 0 Å². The van der Waals surface area contributed by atoms with Crippen molar-refractivity contribution in [3.05, 3.63) is 285 Å². The van der Waals surface area contributed by atoms with E-state index in [1.807, 2.05) is 12.1 Å². The van der Waals surface area contributed by atoms with Crippen LogP contribution in [-0.2, 0) is 81.8 Å². The Bertz CT molecular complexity index is 4790. The zero-order valence-corrected chi connectivity index (χ0v) is 93.1. The molecule has 8 nitrogen and oxygen atoms in total. The predicted octanol–water partition coefficient (Wildman–Crippen LogP) is 35.2. The first-order valence-electron chi connectivity index (χ1n) is 43.6. The molecular formula is C106H148Br8N8. The van der Waals surface area contributed by atoms with Gasteiger partial charge < -0.3 is 0 Å². The van der Waals surface area contributed by atoms with Crippen LogP contribution in [0.5, 0.6) is 0 Å². The highest BCUT2D eigenvalue weighted by Crippen LogP contribution is 2.34. The molecule has 0 saturated carbocycles. The number of halogens is 8. The predicted molar refractivity (Wildman–Crippen MR) is 558 cm³/mol. The molecule has 0 spiro atoms. The molecule has 0 radical (unpaired) electrons. The second kappa shape index (κ2) is 51.0. The summed E-state index contributed by atoms with van der Waals surface area (Å²) < 4.78 is 7.51. The SMILES string of the molecule is CC(C)(C)c1cc(-c2ccccc2)cc(Br)n1.CC(C)(C)c1cc(Cc2ccccc2)cc(Br)n1.CC(C)CCc1cc(Br)nc(C(C)(C)C)c1.CC(C)Cc1cc(Br)nc(C(C)(C)C)c1.CC(C)c1cc(Br)nc(C(C)(C)C)c1.CCCCc1cc(Br)nc(C(C)(C)C)c1.CCCc1cc(Br)nc(C(C)(C)C)c1.CCc1cc(Br)nc(C(C)(C)C)c1. The second-order valence-corrected chi connectivity index (χ2v) is 47.7. The fourth-order valence-corrected chi connectivity index (χ4v) is 15.6. The van der Waals surface area contributed by atoms with Crippen molar-refractivity contribution in [2.75, 3.05) is 0 Å². The fraction of sp³-hybridized carbons (Fsp3) is 0.509. The maximum Gasteiger partial charge on any atom is 0.107 e. The highest BCUT2D eigenvalue weighted by atomic mass is 79.9. The van der Waals surface area contributed by atoms with Gasteiger partial charge in [0.15, 0.2) is 0 Å². The minimum absolute atomic E-state index is 0.0628. The van der Waals surface area contributed by atoms with Crippen molar-refractivity contribution in [3.63, 3.8) is 0 Å². The molecule has 10 rings (SSSR count). The number of aryl methyl sites for hydroxylation is 4. The molecule has 16 heteroatoms. The van der Waals surface area contributed by atoms with Crippen LogP contribution in [0.1, 0.15) is 350 Å². The first kappa shape index (κ1) is 112. The van der Waals surface area contributed by atoms with Gasteiger partial charge in [0.05, 0.1) is 0 Å². The number of hydrogen-bond acceptors (Lipinski definition) is 8. The van der Waals surface area contributed by atoms with Crippen molar-refractivity contribution in [2.24, 2.45) is 11.8 Å². The Morgan fingerprint density at radius 2 is 0.541 bits per heavy atom. The van der Waals surface area contributed by atoms with E-state index >= 15 is 0 Å². The van der Waals surface area contributed by atoms with Crippen molar-refractivity contribution in [1.29, 1.82) is 0 Å². The molecule has 0 aliphatic rings. The summed E-state index contributed by atoms with van der Waals surface area (Å²) in [5.74, 6) is 1.99. The fourth-order valence-electron chi connectivity index (χ4n) is 11.8. The molecule has 10 aromatic rings. The summed E-state index contributed by atoms with van der Waals surface area (Å²) in [6.07, 6.45) is 11.5. The van der Waals surface area contributed by atoms with Gasteiger partial charge in [-0.1, -0.05) is 302 Å². The summed E-state index contributed by atoms with van der Waals surface area (Å²) in [7, 11) is 0. The normalized spacial score (nSPS) is 11.9. The minimum atomic E-state index is 0.0628. The molecule has 8 aromatic heterocycles. The van der Waals surface area contributed by atoms with Crippen molar-refractivity contribution < 1.29 is 0 Å². The van der Waals surface area contributed by atoms with Crippen molar-refractivity contribution in [3.8, 4) is 11.1 Å². The van der Waals surface area contributed by atoms with E-state index in [2.05, 4.69) is 541 Å². The Morgan fingerprint density at radius 3 is 0.877 bits per heavy atom. The van der Waals surface area contributed by atoms with Crippen molar-refractivity contribution >= 4 is 127 Å². The van der Waals surface area contributed by atoms with Crippen molar-refractivity contribution in [1.82, 2.24) is 39.9 Å². The van der Waals surface area contributed by atoms with Gasteiger partial charge in [0.25, 0.3) is 0 Å². The third-order valence-electron chi connectivity index (χ3n) is 19.3. The van der Waals surface area contributed by atoms with Crippen LogP contribution in [0.3, 0.4) is 0 Å². The van der Waals surface area contributed by atoms with E-state index in [0.29, 0.717) is 11.8 Å². The number of rotatable bonds is 15. The Hall–Kier alpha value is -4.52. The number of unbranched alkanes of at least 4 members (excludes halogenated alkanes) is 1. The zero-order chi connectivity index (χ0) is 92.9. The third-order valence-corrected chi connectivity index (χ3v) is 22.6. The van der Waals surface area contributed by atoms with Crippen LogP contribution >= 0.6 is 127 Å². The number of pyridine rings is 8. The molecule has 0 fully saturated rings. The van der Waals surface area contributed by atoms with Gasteiger partial charge in [0, 0.05) is 88.9 Å². The van der Waals surface area contributed by atoms with Crippen LogP contribution in [0.2, 0.25) is 0 Å². The Labute approximate surface area is 808 Å². The molecule has 0 atom stereocenters. The molecule has 0 amide bonds. The summed E-state index contributed by atoms with van der Waals surface area (Å²) in [5, 5.41) is 0. The van der Waals surface area contributed by atoms with E-state index < -0.39 is 0 Å². The lowest BCUT2D eigenvalue weighted by atomic mass is 9.89. The molecule has 0 aliphatic heterocycles. The summed E-state index contributed by atoms with van der Waals surface area (Å²) in [6.45, 7) is 72.6. The van der Waals surface area contributed by atoms with Crippen LogP contribution in [0.4, 0.5) is 0 Å². The molecule has 2 aromatic carbocycles. The zero-order valence-electron chi connectivity index (χ0n) is 80.4. The van der Waals surface area contributed by atoms with Crippen molar-refractivity contribution in [2.45, 2.75) is 342 Å². The van der Waals surface area contributed by atoms with Gasteiger partial charge in [-0.15, -0.1) is 0 Å². The topological polar surface area (TPSA) is 103 Å². The molecule has 0 bridgehead atoms. The smallest absolute Gasteiger partial charge is 0.107 e. The molecule has 122 heavy (non-hydrogen) atoms. The van der Waals surface area contributed by atoms with E-state index in [9.17, 15) is 0 Å². The summed E-state index contributed by atoms with van der Waals surface area (Å²) in [5.41, 5.74) is 23.4. The third kappa shape index (κ3) is 44.0. The highest BCUT2D eigenvalue weighted by molar-refractivity contribution is 9.11. The van der Waals surface area contributed by atoms with Gasteiger partial charge in [-0.25, -0.2) is 39.9 Å². The highest BCUT2D eigenvalue weighted by Gasteiger charge is 2.24. The minimum Gasteiger partial charge on any atom is -0.245 e. The van der Waals surface area contributed by atoms with E-state index in [1.54, 1.807) is 0 Å². The molecule has 0 unspecified atom stereocenters. The van der Waals surface area contributed by atoms with Gasteiger partial charge in [-0.2, -0.15) is 0 Å². The van der Waals surface area contributed by atoms with E-state index in [4.69, 9.17) is 0 Å². The molecule has 0 saturated heterocycles. The molecule has 0 aliphatic carbocycles. The van der Waals surface area contributed by atoms with E-state index in [0.717, 1.165) is 115 Å². The quantitative estimate of drug-likeness (QED) is 0.0935. The van der Waals surface area contributed by atoms with Gasteiger partial charge in [0.1, 0.15) is 36.8 Å². The lowest BCUT2D eigenvalue weighted by molar-refractivity contribution is 0.560. The average Bonchev–Trinajstić information content (AvgIpc) is 0.820. The van der Waals surface area contributed by atoms with Crippen LogP contribution in [0.25, 0.3) is 11.1 Å². The van der Waals surface area contributed by atoms with E-state index in [-0.39, 0.29) is 43.3 Å². The molecule has 0 N–H and O–H groups in total. The van der Waals surface area contributed by atoms with E-state index in [1.165, 1.54) is 92.7 Å². The first-order valence-corrected chi connectivity index (χ1v) is 49.9. The maximum atomic E-state index is 4.56. The number of nitrogens with zero attached hydrogens (tertiary/aromatic N) is 8. The molecular weight excluding hydrogens is 2020 g/mol. The van der Waals surface area contributed by atoms with Crippen LogP contribution in [0, 0.1) is 11.8 Å². The molecule has 668 valence electrons. The van der Waals surface area contributed by atoms with Crippen LogP contribution in [0.15, 0.2) is 195 Å². The lowest BCUT2D eigenvalue weighted by Gasteiger charge is -2.19. The number of benzene rings is 2. The van der Waals surface area contributed by atoms with Crippen LogP contribution in [-0.4, -0.2) is 39.9 Å². The summed E-state index contributed by atoms with van der Waals surface area (Å²) in [4.78, 5) is 36.2. The maximum absolute atomic E-state index is 4.56. The average molecular weight is 2170 g/mol. The van der Waals surface area contributed by atoms with Gasteiger partial charge in [0.2, 0.25) is 0 Å². The standard InChI is InChI=1S/C16H18BrN.C15H16BrN.C14H22BrN.2C13H20BrN.2C12H18BrN.C11H16BrN/c1-16(2,3)14-10-13(11-15(17)18-14)9-12-7-5-4-6-8-12;1-15(2,3)13-9-12(10-14(16)17-13)11-7-5-4-6-8-11;1-10(2)6-7-11-8-12(14(3,4)5)16-13(15)9-11;1-9(2)6-10-7-11(13(3,4)5)15-12(14)8-10;1-5-6-7-10-8-11(13(2,3)4)15-12(14)9-10;1-8(2)9-6-10(12(3,4)5)14-11(13)7-9;1-5-6-9-7-10(12(2,3)4)14-11(13)8-9;1-5-8-6-9(11(2,3)4)13-10(12)7-8/h4-8,10-11H,9H2,1-3H3;4-10H,1-3H3;8-10H,6-7H2,1-5H3;7-9H,6H2,1-5H3;8-9H,5-7H2,1-4H3;6-8H,1-5H3;7-8H,5-6H2,1-4H3;6-7H,5H2,1-4H3. The summed E-state index contributed by atoms with van der Waals surface area (Å²) in [6, 6.07) is 55.4. The Balaban J connectivity index is 0.000000361.